The highest BCUT2D eigenvalue weighted by molar-refractivity contribution is 5.00. The monoisotopic (exact) mass is 222 g/mol. The normalized spacial score (nSPS) is 22.0. The molecule has 2 heterocycles. The summed E-state index contributed by atoms with van der Waals surface area (Å²) in [5.41, 5.74) is 0. The van der Waals surface area contributed by atoms with Crippen LogP contribution in [0.1, 0.15) is 56.7 Å². The SMILES string of the molecule is CCCn1c(C)nnc1C1CCCCCN1. The molecule has 0 radical (unpaired) electrons. The first-order valence-corrected chi connectivity index (χ1v) is 6.46. The van der Waals surface area contributed by atoms with Crippen molar-refractivity contribution in [3.8, 4) is 0 Å². The molecule has 1 aliphatic heterocycles. The molecule has 1 unspecified atom stereocenters. The van der Waals surface area contributed by atoms with Crippen LogP contribution in [0.5, 0.6) is 0 Å². The van der Waals surface area contributed by atoms with Crippen LogP contribution in [-0.2, 0) is 6.54 Å². The third-order valence-corrected chi connectivity index (χ3v) is 3.28. The Labute approximate surface area is 97.5 Å². The molecule has 4 heteroatoms. The van der Waals surface area contributed by atoms with Crippen molar-refractivity contribution >= 4 is 0 Å². The molecule has 1 aromatic rings. The fourth-order valence-corrected chi connectivity index (χ4v) is 2.40. The second kappa shape index (κ2) is 5.43. The molecule has 16 heavy (non-hydrogen) atoms. The smallest absolute Gasteiger partial charge is 0.150 e. The van der Waals surface area contributed by atoms with Gasteiger partial charge in [0.2, 0.25) is 0 Å². The minimum absolute atomic E-state index is 0.412. The van der Waals surface area contributed by atoms with E-state index in [9.17, 15) is 0 Å². The van der Waals surface area contributed by atoms with Crippen LogP contribution in [-0.4, -0.2) is 21.3 Å². The minimum atomic E-state index is 0.412. The van der Waals surface area contributed by atoms with Crippen molar-refractivity contribution < 1.29 is 0 Å². The molecule has 0 amide bonds. The zero-order valence-corrected chi connectivity index (χ0v) is 10.4. The van der Waals surface area contributed by atoms with Crippen LogP contribution in [0.3, 0.4) is 0 Å². The molecule has 0 saturated carbocycles. The predicted molar refractivity (Wildman–Crippen MR) is 64.3 cm³/mol. The van der Waals surface area contributed by atoms with Crippen molar-refractivity contribution in [3.05, 3.63) is 11.6 Å². The molecule has 1 fully saturated rings. The number of aryl methyl sites for hydroxylation is 1. The number of nitrogens with zero attached hydrogens (tertiary/aromatic N) is 3. The first-order chi connectivity index (χ1) is 7.83. The molecule has 1 saturated heterocycles. The summed E-state index contributed by atoms with van der Waals surface area (Å²) >= 11 is 0. The minimum Gasteiger partial charge on any atom is -0.314 e. The van der Waals surface area contributed by atoms with Gasteiger partial charge in [-0.25, -0.2) is 0 Å². The summed E-state index contributed by atoms with van der Waals surface area (Å²) in [4.78, 5) is 0. The zero-order valence-electron chi connectivity index (χ0n) is 10.4. The Hall–Kier alpha value is -0.900. The zero-order chi connectivity index (χ0) is 11.4. The molecule has 0 aliphatic carbocycles. The largest absolute Gasteiger partial charge is 0.314 e. The average Bonchev–Trinajstić information content (AvgIpc) is 2.55. The molecule has 0 aromatic carbocycles. The molecule has 0 spiro atoms. The van der Waals surface area contributed by atoms with Gasteiger partial charge in [0.15, 0.2) is 0 Å². The molecule has 0 bridgehead atoms. The second-order valence-electron chi connectivity index (χ2n) is 4.61. The lowest BCUT2D eigenvalue weighted by Crippen LogP contribution is -2.24. The predicted octanol–water partition coefficient (Wildman–Crippen LogP) is 2.20. The van der Waals surface area contributed by atoms with Gasteiger partial charge in [-0.05, 0) is 32.7 Å². The lowest BCUT2D eigenvalue weighted by molar-refractivity contribution is 0.473. The molecule has 1 aromatic heterocycles. The van der Waals surface area contributed by atoms with Gasteiger partial charge in [0.1, 0.15) is 11.6 Å². The molecule has 1 N–H and O–H groups in total. The molecule has 4 nitrogen and oxygen atoms in total. The summed E-state index contributed by atoms with van der Waals surface area (Å²) in [7, 11) is 0. The Morgan fingerprint density at radius 1 is 1.31 bits per heavy atom. The van der Waals surface area contributed by atoms with Crippen LogP contribution in [0.25, 0.3) is 0 Å². The van der Waals surface area contributed by atoms with Gasteiger partial charge in [-0.2, -0.15) is 0 Å². The van der Waals surface area contributed by atoms with Crippen molar-refractivity contribution in [2.75, 3.05) is 6.54 Å². The van der Waals surface area contributed by atoms with Gasteiger partial charge in [0, 0.05) is 6.54 Å². The highest BCUT2D eigenvalue weighted by atomic mass is 15.3. The van der Waals surface area contributed by atoms with Crippen LogP contribution in [0, 0.1) is 6.92 Å². The van der Waals surface area contributed by atoms with Gasteiger partial charge in [-0.15, -0.1) is 10.2 Å². The lowest BCUT2D eigenvalue weighted by atomic mass is 10.1. The van der Waals surface area contributed by atoms with Crippen molar-refractivity contribution in [3.63, 3.8) is 0 Å². The summed E-state index contributed by atoms with van der Waals surface area (Å²) < 4.78 is 2.27. The van der Waals surface area contributed by atoms with Crippen molar-refractivity contribution in [1.29, 1.82) is 0 Å². The Morgan fingerprint density at radius 3 is 3.00 bits per heavy atom. The van der Waals surface area contributed by atoms with E-state index in [2.05, 4.69) is 27.0 Å². The van der Waals surface area contributed by atoms with E-state index in [4.69, 9.17) is 0 Å². The second-order valence-corrected chi connectivity index (χ2v) is 4.61. The third-order valence-electron chi connectivity index (χ3n) is 3.28. The summed E-state index contributed by atoms with van der Waals surface area (Å²) in [6.07, 6.45) is 6.26. The average molecular weight is 222 g/mol. The highest BCUT2D eigenvalue weighted by Crippen LogP contribution is 2.21. The summed E-state index contributed by atoms with van der Waals surface area (Å²) in [6, 6.07) is 0.412. The lowest BCUT2D eigenvalue weighted by Gasteiger charge is -2.16. The van der Waals surface area contributed by atoms with E-state index in [0.717, 1.165) is 31.2 Å². The van der Waals surface area contributed by atoms with Crippen LogP contribution in [0.2, 0.25) is 0 Å². The maximum absolute atomic E-state index is 4.35. The molecular formula is C12H22N4. The quantitative estimate of drug-likeness (QED) is 0.852. The fourth-order valence-electron chi connectivity index (χ4n) is 2.40. The van der Waals surface area contributed by atoms with E-state index >= 15 is 0 Å². The van der Waals surface area contributed by atoms with E-state index in [1.165, 1.54) is 25.7 Å². The highest BCUT2D eigenvalue weighted by Gasteiger charge is 2.20. The van der Waals surface area contributed by atoms with Gasteiger partial charge in [-0.1, -0.05) is 19.8 Å². The molecular weight excluding hydrogens is 200 g/mol. The van der Waals surface area contributed by atoms with E-state index in [0.29, 0.717) is 6.04 Å². The standard InChI is InChI=1S/C12H22N4/c1-3-9-16-10(2)14-15-12(16)11-7-5-4-6-8-13-11/h11,13H,3-9H2,1-2H3. The fraction of sp³-hybridized carbons (Fsp3) is 0.833. The van der Waals surface area contributed by atoms with Gasteiger partial charge >= 0.3 is 0 Å². The van der Waals surface area contributed by atoms with Gasteiger partial charge < -0.3 is 9.88 Å². The first-order valence-electron chi connectivity index (χ1n) is 6.46. The van der Waals surface area contributed by atoms with E-state index in [1.807, 2.05) is 6.92 Å². The number of nitrogens with one attached hydrogen (secondary N) is 1. The van der Waals surface area contributed by atoms with Crippen molar-refractivity contribution in [1.82, 2.24) is 20.1 Å². The Bertz CT molecular complexity index is 324. The molecule has 1 aliphatic rings. The summed E-state index contributed by atoms with van der Waals surface area (Å²) in [6.45, 7) is 6.39. The third kappa shape index (κ3) is 2.43. The first kappa shape index (κ1) is 11.6. The molecule has 2 rings (SSSR count). The molecule has 1 atom stereocenters. The Morgan fingerprint density at radius 2 is 2.19 bits per heavy atom. The van der Waals surface area contributed by atoms with E-state index in [-0.39, 0.29) is 0 Å². The van der Waals surface area contributed by atoms with Crippen LogP contribution < -0.4 is 5.32 Å². The Kier molecular flexibility index (Phi) is 3.93. The van der Waals surface area contributed by atoms with Gasteiger partial charge in [-0.3, -0.25) is 0 Å². The maximum Gasteiger partial charge on any atom is 0.150 e. The Balaban J connectivity index is 2.17. The summed E-state index contributed by atoms with van der Waals surface area (Å²) in [5.74, 6) is 2.18. The molecule has 90 valence electrons. The number of aromatic nitrogens is 3. The van der Waals surface area contributed by atoms with Crippen LogP contribution >= 0.6 is 0 Å². The van der Waals surface area contributed by atoms with Crippen LogP contribution in [0.4, 0.5) is 0 Å². The number of hydrogen-bond donors (Lipinski definition) is 1. The number of hydrogen-bond acceptors (Lipinski definition) is 3. The van der Waals surface area contributed by atoms with Gasteiger partial charge in [0.05, 0.1) is 6.04 Å². The maximum atomic E-state index is 4.35. The van der Waals surface area contributed by atoms with E-state index in [1.54, 1.807) is 0 Å². The number of rotatable bonds is 3. The van der Waals surface area contributed by atoms with E-state index < -0.39 is 0 Å². The van der Waals surface area contributed by atoms with Crippen molar-refractivity contribution in [2.24, 2.45) is 0 Å². The van der Waals surface area contributed by atoms with Gasteiger partial charge in [0.25, 0.3) is 0 Å². The van der Waals surface area contributed by atoms with Crippen LogP contribution in [0.15, 0.2) is 0 Å². The topological polar surface area (TPSA) is 42.7 Å². The summed E-state index contributed by atoms with van der Waals surface area (Å²) in [5, 5.41) is 12.2. The van der Waals surface area contributed by atoms with Crippen molar-refractivity contribution in [2.45, 2.75) is 58.5 Å².